The van der Waals surface area contributed by atoms with Gasteiger partial charge in [0.1, 0.15) is 12.9 Å². The van der Waals surface area contributed by atoms with Crippen molar-refractivity contribution < 1.29 is 23.4 Å². The molecule has 0 radical (unpaired) electrons. The average molecular weight is 457 g/mol. The number of hydrogen-bond acceptors (Lipinski definition) is 5. The Hall–Kier alpha value is -2.25. The molecule has 32 heavy (non-hydrogen) atoms. The maximum absolute atomic E-state index is 11.9. The highest BCUT2D eigenvalue weighted by Crippen LogP contribution is 2.38. The van der Waals surface area contributed by atoms with E-state index in [1.54, 1.807) is 20.1 Å². The van der Waals surface area contributed by atoms with E-state index < -0.39 is 20.4 Å². The van der Waals surface area contributed by atoms with Crippen molar-refractivity contribution in [1.82, 2.24) is 0 Å². The van der Waals surface area contributed by atoms with Crippen molar-refractivity contribution in [2.24, 2.45) is 0 Å². The van der Waals surface area contributed by atoms with Gasteiger partial charge in [0.15, 0.2) is 0 Å². The van der Waals surface area contributed by atoms with Gasteiger partial charge in [-0.05, 0) is 35.3 Å². The van der Waals surface area contributed by atoms with Crippen molar-refractivity contribution in [2.75, 3.05) is 20.5 Å². The summed E-state index contributed by atoms with van der Waals surface area (Å²) < 4.78 is 23.1. The average Bonchev–Trinajstić information content (AvgIpc) is 2.78. The fourth-order valence-electron chi connectivity index (χ4n) is 3.90. The van der Waals surface area contributed by atoms with Gasteiger partial charge in [-0.25, -0.2) is 4.79 Å². The van der Waals surface area contributed by atoms with Crippen LogP contribution >= 0.6 is 0 Å². The molecule has 0 N–H and O–H groups in total. The van der Waals surface area contributed by atoms with Gasteiger partial charge in [-0.15, -0.1) is 0 Å². The van der Waals surface area contributed by atoms with E-state index in [-0.39, 0.29) is 17.9 Å². The molecule has 6 heteroatoms. The Labute approximate surface area is 193 Å². The minimum atomic E-state index is -2.76. The maximum Gasteiger partial charge on any atom is 0.330 e. The SMILES string of the molecule is CCOC(=O)/C=C/[C@@H](OCOC)[C@@H](C)O[Si](c1ccccc1)(c1ccccc1)C(C)(C)C. The van der Waals surface area contributed by atoms with Gasteiger partial charge in [0.25, 0.3) is 8.32 Å². The Morgan fingerprint density at radius 2 is 1.53 bits per heavy atom. The molecule has 0 aromatic heterocycles. The summed E-state index contributed by atoms with van der Waals surface area (Å²) >= 11 is 0. The number of benzene rings is 2. The maximum atomic E-state index is 11.9. The summed E-state index contributed by atoms with van der Waals surface area (Å²) in [6.07, 6.45) is 2.26. The van der Waals surface area contributed by atoms with Crippen LogP contribution in [0.3, 0.4) is 0 Å². The molecule has 0 aliphatic carbocycles. The van der Waals surface area contributed by atoms with E-state index in [2.05, 4.69) is 69.3 Å². The van der Waals surface area contributed by atoms with Gasteiger partial charge in [-0.1, -0.05) is 81.4 Å². The normalized spacial score (nSPS) is 14.3. The molecule has 0 aliphatic heterocycles. The lowest BCUT2D eigenvalue weighted by Crippen LogP contribution is -2.68. The summed E-state index contributed by atoms with van der Waals surface area (Å²) in [5.41, 5.74) is 0. The lowest BCUT2D eigenvalue weighted by molar-refractivity contribution is -0.137. The van der Waals surface area contributed by atoms with Gasteiger partial charge in [-0.3, -0.25) is 0 Å². The smallest absolute Gasteiger partial charge is 0.330 e. The first-order chi connectivity index (χ1) is 15.3. The van der Waals surface area contributed by atoms with Crippen LogP contribution < -0.4 is 10.4 Å². The Bertz CT molecular complexity index is 806. The number of carbonyl (C=O) groups excluding carboxylic acids is 1. The van der Waals surface area contributed by atoms with E-state index in [9.17, 15) is 4.79 Å². The van der Waals surface area contributed by atoms with E-state index in [1.807, 2.05) is 19.1 Å². The van der Waals surface area contributed by atoms with Crippen molar-refractivity contribution in [3.8, 4) is 0 Å². The first-order valence-corrected chi connectivity index (χ1v) is 12.9. The predicted octanol–water partition coefficient (Wildman–Crippen LogP) is 4.06. The number of ether oxygens (including phenoxy) is 3. The quantitative estimate of drug-likeness (QED) is 0.221. The molecule has 0 unspecified atom stereocenters. The number of hydrogen-bond donors (Lipinski definition) is 0. The van der Waals surface area contributed by atoms with Gasteiger partial charge in [0.2, 0.25) is 0 Å². The Balaban J connectivity index is 2.52. The van der Waals surface area contributed by atoms with Crippen molar-refractivity contribution >= 4 is 24.7 Å². The molecule has 0 aliphatic rings. The zero-order chi connectivity index (χ0) is 23.6. The highest BCUT2D eigenvalue weighted by Gasteiger charge is 2.51. The zero-order valence-electron chi connectivity index (χ0n) is 20.0. The minimum Gasteiger partial charge on any atom is -0.463 e. The Kier molecular flexibility index (Phi) is 9.84. The van der Waals surface area contributed by atoms with Crippen molar-refractivity contribution in [1.29, 1.82) is 0 Å². The van der Waals surface area contributed by atoms with E-state index in [0.29, 0.717) is 6.61 Å². The molecular formula is C26H36O5Si. The molecule has 2 aromatic rings. The molecule has 0 saturated carbocycles. The van der Waals surface area contributed by atoms with Crippen LogP contribution in [0.15, 0.2) is 72.8 Å². The molecule has 0 heterocycles. The van der Waals surface area contributed by atoms with Gasteiger partial charge in [0.05, 0.1) is 12.7 Å². The lowest BCUT2D eigenvalue weighted by Gasteiger charge is -2.45. The summed E-state index contributed by atoms with van der Waals surface area (Å²) in [5.74, 6) is -0.406. The third-order valence-corrected chi connectivity index (χ3v) is 10.5. The fraction of sp³-hybridized carbons (Fsp3) is 0.423. The van der Waals surface area contributed by atoms with Gasteiger partial charge >= 0.3 is 5.97 Å². The largest absolute Gasteiger partial charge is 0.463 e. The van der Waals surface area contributed by atoms with E-state index in [1.165, 1.54) is 16.4 Å². The molecule has 174 valence electrons. The number of methoxy groups -OCH3 is 1. The first-order valence-electron chi connectivity index (χ1n) is 11.0. The van der Waals surface area contributed by atoms with Crippen LogP contribution in [0.5, 0.6) is 0 Å². The molecule has 2 atom stereocenters. The van der Waals surface area contributed by atoms with Gasteiger partial charge in [0, 0.05) is 13.2 Å². The van der Waals surface area contributed by atoms with Gasteiger partial charge in [-0.2, -0.15) is 0 Å². The minimum absolute atomic E-state index is 0.0896. The predicted molar refractivity (Wildman–Crippen MR) is 131 cm³/mol. The van der Waals surface area contributed by atoms with Crippen LogP contribution in [0.4, 0.5) is 0 Å². The summed E-state index contributed by atoms with van der Waals surface area (Å²) in [6, 6.07) is 20.9. The van der Waals surface area contributed by atoms with Gasteiger partial charge < -0.3 is 18.6 Å². The van der Waals surface area contributed by atoms with Crippen LogP contribution in [0.2, 0.25) is 5.04 Å². The van der Waals surface area contributed by atoms with Crippen molar-refractivity contribution in [2.45, 2.75) is 51.9 Å². The second kappa shape index (κ2) is 12.1. The first kappa shape index (κ1) is 26.0. The van der Waals surface area contributed by atoms with Crippen molar-refractivity contribution in [3.63, 3.8) is 0 Å². The highest BCUT2D eigenvalue weighted by atomic mass is 28.4. The number of carbonyl (C=O) groups is 1. The van der Waals surface area contributed by atoms with E-state index in [0.717, 1.165) is 0 Å². The van der Waals surface area contributed by atoms with Crippen LogP contribution in [0, 0.1) is 0 Å². The molecular weight excluding hydrogens is 420 g/mol. The van der Waals surface area contributed by atoms with E-state index >= 15 is 0 Å². The lowest BCUT2D eigenvalue weighted by atomic mass is 10.2. The molecule has 0 spiro atoms. The van der Waals surface area contributed by atoms with Crippen LogP contribution in [0.25, 0.3) is 0 Å². The van der Waals surface area contributed by atoms with Crippen LogP contribution in [-0.4, -0.2) is 47.0 Å². The summed E-state index contributed by atoms with van der Waals surface area (Å²) in [4.78, 5) is 11.9. The third kappa shape index (κ3) is 6.39. The molecule has 0 bridgehead atoms. The third-order valence-electron chi connectivity index (χ3n) is 5.33. The standard InChI is InChI=1S/C26H36O5Si/c1-7-29-25(27)19-18-24(30-20-28-6)21(2)31-32(26(3,4)5,22-14-10-8-11-15-22)23-16-12-9-13-17-23/h8-19,21,24H,7,20H2,1-6H3/b19-18+/t21-,24-/m1/s1. The summed E-state index contributed by atoms with van der Waals surface area (Å²) in [7, 11) is -1.19. The van der Waals surface area contributed by atoms with Crippen LogP contribution in [0.1, 0.15) is 34.6 Å². The molecule has 2 aromatic carbocycles. The number of esters is 1. The number of rotatable bonds is 11. The Morgan fingerprint density at radius 3 is 1.97 bits per heavy atom. The molecule has 2 rings (SSSR count). The molecule has 0 saturated heterocycles. The monoisotopic (exact) mass is 456 g/mol. The second-order valence-electron chi connectivity index (χ2n) is 8.64. The van der Waals surface area contributed by atoms with E-state index in [4.69, 9.17) is 18.6 Å². The molecule has 0 amide bonds. The zero-order valence-corrected chi connectivity index (χ0v) is 21.0. The Morgan fingerprint density at radius 1 is 1.00 bits per heavy atom. The van der Waals surface area contributed by atoms with Crippen LogP contribution in [-0.2, 0) is 23.4 Å². The molecule has 0 fully saturated rings. The second-order valence-corrected chi connectivity index (χ2v) is 12.9. The fourth-order valence-corrected chi connectivity index (χ4v) is 8.60. The summed E-state index contributed by atoms with van der Waals surface area (Å²) in [6.45, 7) is 10.9. The molecule has 5 nitrogen and oxygen atoms in total. The topological polar surface area (TPSA) is 54.0 Å². The van der Waals surface area contributed by atoms with Crippen molar-refractivity contribution in [3.05, 3.63) is 72.8 Å². The highest BCUT2D eigenvalue weighted by molar-refractivity contribution is 6.99. The summed E-state index contributed by atoms with van der Waals surface area (Å²) in [5, 5.41) is 2.21.